The summed E-state index contributed by atoms with van der Waals surface area (Å²) in [7, 11) is 0. The van der Waals surface area contributed by atoms with Crippen molar-refractivity contribution in [2.75, 3.05) is 0 Å². The molecule has 17 heavy (non-hydrogen) atoms. The molecule has 0 radical (unpaired) electrons. The zero-order valence-electron chi connectivity index (χ0n) is 14.1. The van der Waals surface area contributed by atoms with E-state index in [4.69, 9.17) is 5.41 Å². The zero-order chi connectivity index (χ0) is 15.3. The second-order valence-electron chi connectivity index (χ2n) is 2.78. The van der Waals surface area contributed by atoms with Crippen molar-refractivity contribution >= 4 is 5.71 Å². The second kappa shape index (κ2) is 45.7. The molecular weight excluding hydrogens is 206 g/mol. The predicted molar refractivity (Wildman–Crippen MR) is 87.4 cm³/mol. The maximum atomic E-state index is 6.85. The van der Waals surface area contributed by atoms with Crippen LogP contribution in [0, 0.1) is 5.41 Å². The van der Waals surface area contributed by atoms with Crippen molar-refractivity contribution in [3.05, 3.63) is 24.3 Å². The maximum Gasteiger partial charge on any atom is 0.0306 e. The lowest BCUT2D eigenvalue weighted by molar-refractivity contribution is 1.09. The third-order valence-electron chi connectivity index (χ3n) is 0.973. The van der Waals surface area contributed by atoms with Crippen molar-refractivity contribution < 1.29 is 0 Å². The van der Waals surface area contributed by atoms with Gasteiger partial charge in [0.15, 0.2) is 0 Å². The molecule has 0 rings (SSSR count). The fourth-order valence-electron chi connectivity index (χ4n) is 0. The van der Waals surface area contributed by atoms with Crippen LogP contribution in [-0.2, 0) is 0 Å². The maximum absolute atomic E-state index is 6.85. The molecule has 0 bridgehead atoms. The number of rotatable bonds is 1. The van der Waals surface area contributed by atoms with E-state index in [1.807, 2.05) is 60.6 Å². The van der Waals surface area contributed by atoms with Crippen LogP contribution in [0.2, 0.25) is 0 Å². The highest BCUT2D eigenvalue weighted by Crippen LogP contribution is 1.84. The SMILES string of the molecule is C/C=C\C.C=C(C)C(C)=N.CC.CC.CCC. The topological polar surface area (TPSA) is 23.9 Å². The molecule has 0 aliphatic rings. The Bertz CT molecular complexity index is 128. The third kappa shape index (κ3) is 152. The number of hydrogen-bond donors (Lipinski definition) is 1. The van der Waals surface area contributed by atoms with Crippen LogP contribution >= 0.6 is 0 Å². The summed E-state index contributed by atoms with van der Waals surface area (Å²) in [6.45, 7) is 23.3. The first-order valence-electron chi connectivity index (χ1n) is 6.76. The molecule has 0 aromatic heterocycles. The van der Waals surface area contributed by atoms with E-state index in [1.165, 1.54) is 6.42 Å². The van der Waals surface area contributed by atoms with Crippen molar-refractivity contribution in [1.82, 2.24) is 0 Å². The van der Waals surface area contributed by atoms with Gasteiger partial charge in [-0.3, -0.25) is 0 Å². The van der Waals surface area contributed by atoms with Gasteiger partial charge in [-0.05, 0) is 33.3 Å². The number of hydrogen-bond acceptors (Lipinski definition) is 1. The minimum absolute atomic E-state index is 0.565. The van der Waals surface area contributed by atoms with Gasteiger partial charge < -0.3 is 5.41 Å². The normalized spacial score (nSPS) is 6.71. The first kappa shape index (κ1) is 29.8. The van der Waals surface area contributed by atoms with E-state index < -0.39 is 0 Å². The van der Waals surface area contributed by atoms with Gasteiger partial charge in [0.05, 0.1) is 0 Å². The van der Waals surface area contributed by atoms with Crippen LogP contribution in [0.3, 0.4) is 0 Å². The van der Waals surface area contributed by atoms with Crippen molar-refractivity contribution in [1.29, 1.82) is 5.41 Å². The van der Waals surface area contributed by atoms with Gasteiger partial charge in [-0.1, -0.05) is 66.7 Å². The van der Waals surface area contributed by atoms with Gasteiger partial charge in [0.1, 0.15) is 0 Å². The Hall–Kier alpha value is -0.850. The van der Waals surface area contributed by atoms with Gasteiger partial charge in [-0.2, -0.15) is 0 Å². The van der Waals surface area contributed by atoms with Gasteiger partial charge in [0.2, 0.25) is 0 Å². The second-order valence-corrected chi connectivity index (χ2v) is 2.78. The number of allylic oxidation sites excluding steroid dienone is 3. The highest BCUT2D eigenvalue weighted by Gasteiger charge is 1.80. The Kier molecular flexibility index (Phi) is 80.1. The van der Waals surface area contributed by atoms with Crippen molar-refractivity contribution in [3.8, 4) is 0 Å². The average Bonchev–Trinajstić information content (AvgIpc) is 2.35. The van der Waals surface area contributed by atoms with Gasteiger partial charge in [0.25, 0.3) is 0 Å². The molecule has 0 aliphatic heterocycles. The molecule has 0 aromatic carbocycles. The molecule has 0 aliphatic carbocycles. The molecule has 0 unspecified atom stereocenters. The largest absolute Gasteiger partial charge is 0.305 e. The molecule has 0 aromatic rings. The van der Waals surface area contributed by atoms with E-state index in [1.54, 1.807) is 6.92 Å². The highest BCUT2D eigenvalue weighted by molar-refractivity contribution is 5.94. The van der Waals surface area contributed by atoms with E-state index in [-0.39, 0.29) is 0 Å². The lowest BCUT2D eigenvalue weighted by Gasteiger charge is -1.85. The monoisotopic (exact) mass is 243 g/mol. The smallest absolute Gasteiger partial charge is 0.0306 e. The van der Waals surface area contributed by atoms with Gasteiger partial charge >= 0.3 is 0 Å². The molecule has 106 valence electrons. The molecule has 0 saturated carbocycles. The fraction of sp³-hybridized carbons (Fsp3) is 0.688. The minimum atomic E-state index is 0.565. The molecule has 0 atom stereocenters. The zero-order valence-corrected chi connectivity index (χ0v) is 14.1. The number of nitrogens with one attached hydrogen (secondary N) is 1. The van der Waals surface area contributed by atoms with Gasteiger partial charge in [0, 0.05) is 5.71 Å². The first-order chi connectivity index (χ1) is 7.97. The van der Waals surface area contributed by atoms with Crippen molar-refractivity contribution in [2.45, 2.75) is 75.7 Å². The molecule has 0 heterocycles. The quantitative estimate of drug-likeness (QED) is 0.393. The average molecular weight is 243 g/mol. The van der Waals surface area contributed by atoms with E-state index in [9.17, 15) is 0 Å². The Morgan fingerprint density at radius 1 is 0.941 bits per heavy atom. The van der Waals surface area contributed by atoms with E-state index >= 15 is 0 Å². The Labute approximate surface area is 112 Å². The Morgan fingerprint density at radius 3 is 1.06 bits per heavy atom. The minimum Gasteiger partial charge on any atom is -0.305 e. The fourth-order valence-corrected chi connectivity index (χ4v) is 0. The molecular formula is C16H37N. The first-order valence-corrected chi connectivity index (χ1v) is 6.76. The Morgan fingerprint density at radius 2 is 1.06 bits per heavy atom. The van der Waals surface area contributed by atoms with Gasteiger partial charge in [-0.25, -0.2) is 0 Å². The Balaban J connectivity index is -0.0000000385. The van der Waals surface area contributed by atoms with Gasteiger partial charge in [-0.15, -0.1) is 0 Å². The van der Waals surface area contributed by atoms with Crippen LogP contribution in [0.5, 0.6) is 0 Å². The summed E-state index contributed by atoms with van der Waals surface area (Å²) in [6.07, 6.45) is 5.25. The lowest BCUT2D eigenvalue weighted by atomic mass is 10.2. The van der Waals surface area contributed by atoms with Crippen molar-refractivity contribution in [3.63, 3.8) is 0 Å². The summed E-state index contributed by atoms with van der Waals surface area (Å²) >= 11 is 0. The van der Waals surface area contributed by atoms with Crippen LogP contribution in [0.1, 0.15) is 75.7 Å². The third-order valence-corrected chi connectivity index (χ3v) is 0.973. The van der Waals surface area contributed by atoms with Crippen LogP contribution in [-0.4, -0.2) is 5.71 Å². The summed E-state index contributed by atoms with van der Waals surface area (Å²) in [4.78, 5) is 0. The summed E-state index contributed by atoms with van der Waals surface area (Å²) in [6, 6.07) is 0. The van der Waals surface area contributed by atoms with Crippen LogP contribution in [0.15, 0.2) is 24.3 Å². The van der Waals surface area contributed by atoms with Crippen LogP contribution in [0.4, 0.5) is 0 Å². The van der Waals surface area contributed by atoms with E-state index in [0.29, 0.717) is 5.71 Å². The molecule has 0 spiro atoms. The highest BCUT2D eigenvalue weighted by atomic mass is 14.4. The molecule has 1 heteroatoms. The summed E-state index contributed by atoms with van der Waals surface area (Å²) in [5, 5.41) is 6.85. The van der Waals surface area contributed by atoms with E-state index in [0.717, 1.165) is 5.57 Å². The molecule has 0 saturated heterocycles. The molecule has 1 nitrogen and oxygen atoms in total. The summed E-state index contributed by atoms with van der Waals surface area (Å²) < 4.78 is 0. The lowest BCUT2D eigenvalue weighted by Crippen LogP contribution is -1.84. The predicted octanol–water partition coefficient (Wildman–Crippen LogP) is 6.65. The van der Waals surface area contributed by atoms with Crippen LogP contribution < -0.4 is 0 Å². The molecule has 0 amide bonds. The summed E-state index contributed by atoms with van der Waals surface area (Å²) in [5.74, 6) is 0. The van der Waals surface area contributed by atoms with E-state index in [2.05, 4.69) is 20.4 Å². The standard InChI is InChI=1S/C5H9N.C4H8.C3H8.2C2H6/c1-4(2)5(3)6;1-3-4-2;1-3-2;2*1-2/h6H,1H2,2-3H3;3-4H,1-2H3;3H2,1-2H3;2*1-2H3/b;4-3-;;;. The summed E-state index contributed by atoms with van der Waals surface area (Å²) in [5.41, 5.74) is 1.41. The molecule has 1 N–H and O–H groups in total. The molecule has 0 fully saturated rings. The van der Waals surface area contributed by atoms with Crippen molar-refractivity contribution in [2.24, 2.45) is 0 Å². The van der Waals surface area contributed by atoms with Crippen LogP contribution in [0.25, 0.3) is 0 Å².